The van der Waals surface area contributed by atoms with Crippen molar-refractivity contribution in [3.8, 4) is 0 Å². The Morgan fingerprint density at radius 1 is 0.808 bits per heavy atom. The summed E-state index contributed by atoms with van der Waals surface area (Å²) in [7, 11) is 0. The molecule has 0 saturated carbocycles. The van der Waals surface area contributed by atoms with Crippen molar-refractivity contribution in [1.82, 2.24) is 4.90 Å². The summed E-state index contributed by atoms with van der Waals surface area (Å²) in [5.41, 5.74) is 9.19. The molecule has 0 fully saturated rings. The first-order chi connectivity index (χ1) is 12.6. The maximum absolute atomic E-state index is 6.59. The summed E-state index contributed by atoms with van der Waals surface area (Å²) in [5.74, 6) is 0. The predicted molar refractivity (Wildman–Crippen MR) is 113 cm³/mol. The SMILES string of the molecule is C=CCC(N)C(CC=C)N(C(C)c1ccccc1)C(C)c1ccccc1. The van der Waals surface area contributed by atoms with Gasteiger partial charge in [-0.3, -0.25) is 4.90 Å². The molecule has 4 atom stereocenters. The molecule has 2 rings (SSSR count). The molecule has 2 heteroatoms. The zero-order valence-electron chi connectivity index (χ0n) is 16.1. The Morgan fingerprint density at radius 2 is 1.23 bits per heavy atom. The van der Waals surface area contributed by atoms with E-state index < -0.39 is 0 Å². The third-order valence-electron chi connectivity index (χ3n) is 5.18. The molecule has 0 aliphatic rings. The smallest absolute Gasteiger partial charge is 0.0329 e. The van der Waals surface area contributed by atoms with Gasteiger partial charge >= 0.3 is 0 Å². The van der Waals surface area contributed by atoms with Gasteiger partial charge in [-0.25, -0.2) is 0 Å². The van der Waals surface area contributed by atoms with Crippen LogP contribution < -0.4 is 5.73 Å². The summed E-state index contributed by atoms with van der Waals surface area (Å²) in [6.07, 6.45) is 5.54. The number of hydrogen-bond acceptors (Lipinski definition) is 2. The van der Waals surface area contributed by atoms with Crippen molar-refractivity contribution in [1.29, 1.82) is 0 Å². The van der Waals surface area contributed by atoms with Gasteiger partial charge in [0.05, 0.1) is 0 Å². The fourth-order valence-electron chi connectivity index (χ4n) is 3.76. The van der Waals surface area contributed by atoms with Crippen LogP contribution in [0.15, 0.2) is 86.0 Å². The summed E-state index contributed by atoms with van der Waals surface area (Å²) in [6.45, 7) is 12.4. The van der Waals surface area contributed by atoms with Crippen molar-refractivity contribution in [2.75, 3.05) is 0 Å². The molecule has 2 nitrogen and oxygen atoms in total. The lowest BCUT2D eigenvalue weighted by atomic mass is 9.92. The summed E-state index contributed by atoms with van der Waals surface area (Å²) < 4.78 is 0. The van der Waals surface area contributed by atoms with Crippen molar-refractivity contribution in [3.05, 3.63) is 97.1 Å². The van der Waals surface area contributed by atoms with E-state index in [9.17, 15) is 0 Å². The van der Waals surface area contributed by atoms with Gasteiger partial charge in [0.1, 0.15) is 0 Å². The average molecular weight is 349 g/mol. The fraction of sp³-hybridized carbons (Fsp3) is 0.333. The third-order valence-corrected chi connectivity index (χ3v) is 5.18. The van der Waals surface area contributed by atoms with Gasteiger partial charge in [0.2, 0.25) is 0 Å². The van der Waals surface area contributed by atoms with Gasteiger partial charge < -0.3 is 5.73 Å². The summed E-state index contributed by atoms with van der Waals surface area (Å²) in [6, 6.07) is 22.0. The van der Waals surface area contributed by atoms with Gasteiger partial charge in [-0.1, -0.05) is 72.8 Å². The number of benzene rings is 2. The first kappa shape index (κ1) is 20.2. The normalized spacial score (nSPS) is 15.8. The largest absolute Gasteiger partial charge is 0.326 e. The molecule has 0 aromatic heterocycles. The highest BCUT2D eigenvalue weighted by molar-refractivity contribution is 5.23. The Bertz CT molecular complexity index is 620. The van der Waals surface area contributed by atoms with Crippen LogP contribution in [0.25, 0.3) is 0 Å². The molecule has 0 aliphatic carbocycles. The molecule has 0 saturated heterocycles. The number of rotatable bonds is 10. The van der Waals surface area contributed by atoms with E-state index in [2.05, 4.69) is 92.6 Å². The van der Waals surface area contributed by atoms with Crippen LogP contribution in [0.4, 0.5) is 0 Å². The third kappa shape index (κ3) is 4.94. The first-order valence-corrected chi connectivity index (χ1v) is 9.44. The van der Waals surface area contributed by atoms with Crippen molar-refractivity contribution in [2.24, 2.45) is 5.73 Å². The van der Waals surface area contributed by atoms with Crippen LogP contribution in [0.2, 0.25) is 0 Å². The predicted octanol–water partition coefficient (Wildman–Crippen LogP) is 5.66. The van der Waals surface area contributed by atoms with Crippen LogP contribution in [0.3, 0.4) is 0 Å². The molecule has 4 unspecified atom stereocenters. The zero-order valence-corrected chi connectivity index (χ0v) is 16.1. The average Bonchev–Trinajstić information content (AvgIpc) is 2.68. The van der Waals surface area contributed by atoms with Crippen LogP contribution >= 0.6 is 0 Å². The van der Waals surface area contributed by atoms with Gasteiger partial charge in [-0.2, -0.15) is 0 Å². The second-order valence-electron chi connectivity index (χ2n) is 6.90. The maximum atomic E-state index is 6.59. The standard InChI is InChI=1S/C24H32N2/c1-5-13-23(25)24(14-6-2)26(19(3)21-15-9-7-10-16-21)20(4)22-17-11-8-12-18-22/h5-12,15-20,23-24H,1-2,13-14,25H2,3-4H3. The molecular weight excluding hydrogens is 316 g/mol. The van der Waals surface area contributed by atoms with E-state index in [1.807, 2.05) is 12.2 Å². The quantitative estimate of drug-likeness (QED) is 0.561. The lowest BCUT2D eigenvalue weighted by Gasteiger charge is -2.43. The highest BCUT2D eigenvalue weighted by Crippen LogP contribution is 2.34. The Balaban J connectivity index is 2.45. The molecule has 2 aromatic rings. The van der Waals surface area contributed by atoms with Crippen molar-refractivity contribution < 1.29 is 0 Å². The van der Waals surface area contributed by atoms with Gasteiger partial charge in [-0.05, 0) is 37.8 Å². The van der Waals surface area contributed by atoms with Crippen molar-refractivity contribution in [2.45, 2.75) is 50.9 Å². The van der Waals surface area contributed by atoms with Crippen LogP contribution in [-0.2, 0) is 0 Å². The molecular formula is C24H32N2. The maximum Gasteiger partial charge on any atom is 0.0329 e. The van der Waals surface area contributed by atoms with E-state index in [0.717, 1.165) is 12.8 Å². The Morgan fingerprint density at radius 3 is 1.62 bits per heavy atom. The minimum atomic E-state index is 0.0165. The Labute approximate surface area is 159 Å². The van der Waals surface area contributed by atoms with Crippen LogP contribution in [0.1, 0.15) is 49.9 Å². The molecule has 0 aliphatic heterocycles. The van der Waals surface area contributed by atoms with Gasteiger partial charge in [0, 0.05) is 24.2 Å². The molecule has 0 heterocycles. The Kier molecular flexibility index (Phi) is 7.83. The second-order valence-corrected chi connectivity index (χ2v) is 6.90. The van der Waals surface area contributed by atoms with Crippen molar-refractivity contribution in [3.63, 3.8) is 0 Å². The highest BCUT2D eigenvalue weighted by atomic mass is 15.2. The van der Waals surface area contributed by atoms with E-state index in [0.29, 0.717) is 0 Å². The molecule has 0 spiro atoms. The fourth-order valence-corrected chi connectivity index (χ4v) is 3.76. The van der Waals surface area contributed by atoms with E-state index in [1.165, 1.54) is 11.1 Å². The molecule has 2 N–H and O–H groups in total. The van der Waals surface area contributed by atoms with Crippen molar-refractivity contribution >= 4 is 0 Å². The van der Waals surface area contributed by atoms with E-state index in [1.54, 1.807) is 0 Å². The summed E-state index contributed by atoms with van der Waals surface area (Å²) in [4.78, 5) is 2.54. The highest BCUT2D eigenvalue weighted by Gasteiger charge is 2.32. The van der Waals surface area contributed by atoms with E-state index in [-0.39, 0.29) is 24.2 Å². The van der Waals surface area contributed by atoms with E-state index in [4.69, 9.17) is 5.73 Å². The molecule has 26 heavy (non-hydrogen) atoms. The minimum Gasteiger partial charge on any atom is -0.326 e. The molecule has 2 aromatic carbocycles. The molecule has 0 bridgehead atoms. The Hall–Kier alpha value is -2.16. The molecule has 0 amide bonds. The topological polar surface area (TPSA) is 29.3 Å². The summed E-state index contributed by atoms with van der Waals surface area (Å²) >= 11 is 0. The van der Waals surface area contributed by atoms with E-state index >= 15 is 0 Å². The molecule has 0 radical (unpaired) electrons. The van der Waals surface area contributed by atoms with Gasteiger partial charge in [0.25, 0.3) is 0 Å². The lowest BCUT2D eigenvalue weighted by molar-refractivity contribution is 0.0787. The zero-order chi connectivity index (χ0) is 18.9. The summed E-state index contributed by atoms with van der Waals surface area (Å²) in [5, 5.41) is 0. The van der Waals surface area contributed by atoms with Gasteiger partial charge in [0.15, 0.2) is 0 Å². The van der Waals surface area contributed by atoms with Crippen LogP contribution in [0.5, 0.6) is 0 Å². The molecule has 138 valence electrons. The number of nitrogens with two attached hydrogens (primary N) is 1. The second kappa shape index (κ2) is 10.1. The minimum absolute atomic E-state index is 0.0165. The number of hydrogen-bond donors (Lipinski definition) is 1. The first-order valence-electron chi connectivity index (χ1n) is 9.44. The monoisotopic (exact) mass is 348 g/mol. The van der Waals surface area contributed by atoms with Crippen LogP contribution in [-0.4, -0.2) is 17.0 Å². The number of nitrogens with zero attached hydrogens (tertiary/aromatic N) is 1. The van der Waals surface area contributed by atoms with Crippen LogP contribution in [0, 0.1) is 0 Å². The lowest BCUT2D eigenvalue weighted by Crippen LogP contribution is -2.49. The van der Waals surface area contributed by atoms with Gasteiger partial charge in [-0.15, -0.1) is 13.2 Å².